The Morgan fingerprint density at radius 3 is 2.83 bits per heavy atom. The summed E-state index contributed by atoms with van der Waals surface area (Å²) >= 11 is 1.37. The Labute approximate surface area is 172 Å². The quantitative estimate of drug-likeness (QED) is 0.400. The molecule has 1 amide bonds. The highest BCUT2D eigenvalue weighted by atomic mass is 32.2. The van der Waals surface area contributed by atoms with Gasteiger partial charge in [0.05, 0.1) is 11.3 Å². The molecule has 1 N–H and O–H groups in total. The van der Waals surface area contributed by atoms with Crippen LogP contribution in [0.2, 0.25) is 0 Å². The molecule has 0 saturated heterocycles. The Morgan fingerprint density at radius 2 is 2.10 bits per heavy atom. The van der Waals surface area contributed by atoms with Gasteiger partial charge in [-0.25, -0.2) is 4.90 Å². The van der Waals surface area contributed by atoms with Crippen LogP contribution in [0.4, 0.5) is 5.69 Å². The first-order valence-corrected chi connectivity index (χ1v) is 10.3. The number of rotatable bonds is 5. The summed E-state index contributed by atoms with van der Waals surface area (Å²) < 4.78 is 1.61. The number of hydrogen-bond acceptors (Lipinski definition) is 5. The van der Waals surface area contributed by atoms with Crippen molar-refractivity contribution in [1.82, 2.24) is 15.1 Å². The number of para-hydroxylation sites is 1. The van der Waals surface area contributed by atoms with Crippen LogP contribution in [0.25, 0.3) is 11.3 Å². The van der Waals surface area contributed by atoms with Gasteiger partial charge >= 0.3 is 17.4 Å². The van der Waals surface area contributed by atoms with Crippen LogP contribution in [0, 0.1) is 0 Å². The highest BCUT2D eigenvalue weighted by molar-refractivity contribution is 7.99. The fourth-order valence-electron chi connectivity index (χ4n) is 3.41. The molecule has 8 heteroatoms. The van der Waals surface area contributed by atoms with E-state index in [0.29, 0.717) is 40.0 Å². The van der Waals surface area contributed by atoms with Crippen molar-refractivity contribution in [2.75, 3.05) is 10.7 Å². The Morgan fingerprint density at radius 1 is 1.31 bits per heavy atom. The van der Waals surface area contributed by atoms with E-state index in [1.54, 1.807) is 21.9 Å². The summed E-state index contributed by atoms with van der Waals surface area (Å²) in [6.07, 6.45) is 3.08. The van der Waals surface area contributed by atoms with Crippen molar-refractivity contribution in [3.05, 3.63) is 77.4 Å². The molecule has 0 fully saturated rings. The van der Waals surface area contributed by atoms with Gasteiger partial charge in [0.2, 0.25) is 11.1 Å². The second kappa shape index (κ2) is 8.00. The van der Waals surface area contributed by atoms with Crippen molar-refractivity contribution in [3.8, 4) is 11.3 Å². The zero-order chi connectivity index (χ0) is 20.4. The highest BCUT2D eigenvalue weighted by Crippen LogP contribution is 2.37. The largest absolute Gasteiger partial charge is 0.325 e. The monoisotopic (exact) mass is 406 g/mol. The molecular weight excluding hydrogens is 386 g/mol. The molecule has 7 nitrogen and oxygen atoms in total. The van der Waals surface area contributed by atoms with Gasteiger partial charge < -0.3 is 0 Å². The van der Waals surface area contributed by atoms with Gasteiger partial charge in [-0.3, -0.25) is 19.6 Å². The number of carbonyl (C=O) groups is 1. The van der Waals surface area contributed by atoms with Crippen LogP contribution >= 0.6 is 11.8 Å². The number of nitrogens with one attached hydrogen (secondary N) is 1. The van der Waals surface area contributed by atoms with Gasteiger partial charge in [0.25, 0.3) is 0 Å². The summed E-state index contributed by atoms with van der Waals surface area (Å²) in [6, 6.07) is 12.9. The molecule has 3 heterocycles. The number of pyridine rings is 1. The number of carbonyl (C=O) groups excluding carboxylic acids is 1. The van der Waals surface area contributed by atoms with Crippen molar-refractivity contribution in [1.29, 1.82) is 0 Å². The van der Waals surface area contributed by atoms with Crippen LogP contribution in [-0.4, -0.2) is 26.7 Å². The van der Waals surface area contributed by atoms with E-state index in [0.717, 1.165) is 0 Å². The zero-order valence-electron chi connectivity index (χ0n) is 15.9. The fourth-order valence-corrected chi connectivity index (χ4v) is 4.00. The first-order valence-electron chi connectivity index (χ1n) is 9.28. The van der Waals surface area contributed by atoms with E-state index < -0.39 is 6.17 Å². The SMILES string of the molecule is C=CCSc1n[n+]2c(c(=O)[nH]1)-c1ccccc1N(C(=O)CC)[C@@H]2c1ccccn1. The van der Waals surface area contributed by atoms with E-state index in [1.807, 2.05) is 49.4 Å². The fraction of sp³-hybridized carbons (Fsp3) is 0.190. The van der Waals surface area contributed by atoms with Gasteiger partial charge in [0.15, 0.2) is 0 Å². The smallest absolute Gasteiger partial charge is 0.291 e. The number of benzene rings is 1. The minimum atomic E-state index is -0.654. The standard InChI is InChI=1S/C21H19N5O2S/c1-3-13-29-21-23-19(28)18-14-9-5-6-11-16(14)25(17(27)4-2)20(26(18)24-21)15-10-7-8-12-22-15/h3,5-12,20H,1,4,13H2,2H3/p+1/t20-/m0/s1. The lowest BCUT2D eigenvalue weighted by molar-refractivity contribution is -0.763. The molecule has 0 aliphatic carbocycles. The summed E-state index contributed by atoms with van der Waals surface area (Å²) in [5.41, 5.74) is 2.11. The van der Waals surface area contributed by atoms with Crippen molar-refractivity contribution in [2.45, 2.75) is 24.7 Å². The number of H-pyrrole nitrogens is 1. The minimum Gasteiger partial charge on any atom is -0.291 e. The third-order valence-electron chi connectivity index (χ3n) is 4.62. The van der Waals surface area contributed by atoms with Gasteiger partial charge in [-0.2, -0.15) is 0 Å². The second-order valence-corrected chi connectivity index (χ2v) is 7.42. The molecule has 0 saturated carbocycles. The van der Waals surface area contributed by atoms with Gasteiger partial charge in [0.1, 0.15) is 5.69 Å². The lowest BCUT2D eigenvalue weighted by Gasteiger charge is -2.31. The summed E-state index contributed by atoms with van der Waals surface area (Å²) in [7, 11) is 0. The lowest BCUT2D eigenvalue weighted by Crippen LogP contribution is -2.61. The topological polar surface area (TPSA) is 82.8 Å². The van der Waals surface area contributed by atoms with E-state index in [4.69, 9.17) is 0 Å². The zero-order valence-corrected chi connectivity index (χ0v) is 16.7. The molecular formula is C21H20N5O2S+. The normalized spacial score (nSPS) is 14.8. The average molecular weight is 406 g/mol. The first-order chi connectivity index (χ1) is 14.2. The number of amides is 1. The van der Waals surface area contributed by atoms with E-state index >= 15 is 0 Å². The molecule has 3 aromatic rings. The minimum absolute atomic E-state index is 0.0753. The number of thioether (sulfide) groups is 1. The maximum Gasteiger partial charge on any atom is 0.325 e. The number of aromatic amines is 1. The molecule has 1 aliphatic heterocycles. The average Bonchev–Trinajstić information content (AvgIpc) is 2.76. The number of hydrogen-bond donors (Lipinski definition) is 1. The molecule has 1 atom stereocenters. The Bertz CT molecular complexity index is 1130. The van der Waals surface area contributed by atoms with E-state index in [2.05, 4.69) is 21.6 Å². The number of nitrogens with zero attached hydrogens (tertiary/aromatic N) is 4. The predicted molar refractivity (Wildman–Crippen MR) is 112 cm³/mol. The molecule has 0 radical (unpaired) electrons. The van der Waals surface area contributed by atoms with Crippen LogP contribution in [-0.2, 0) is 4.79 Å². The predicted octanol–water partition coefficient (Wildman–Crippen LogP) is 2.70. The maximum atomic E-state index is 13.1. The van der Waals surface area contributed by atoms with Gasteiger partial charge in [0, 0.05) is 23.5 Å². The molecule has 2 aromatic heterocycles. The molecule has 4 rings (SSSR count). The van der Waals surface area contributed by atoms with Crippen LogP contribution in [0.3, 0.4) is 0 Å². The van der Waals surface area contributed by atoms with Crippen molar-refractivity contribution >= 4 is 23.4 Å². The third kappa shape index (κ3) is 3.36. The second-order valence-electron chi connectivity index (χ2n) is 6.41. The summed E-state index contributed by atoms with van der Waals surface area (Å²) in [4.78, 5) is 35.1. The molecule has 1 aromatic carbocycles. The molecule has 0 bridgehead atoms. The Kier molecular flexibility index (Phi) is 5.26. The molecule has 146 valence electrons. The van der Waals surface area contributed by atoms with Crippen molar-refractivity contribution < 1.29 is 9.48 Å². The van der Waals surface area contributed by atoms with E-state index in [-0.39, 0.29) is 11.5 Å². The van der Waals surface area contributed by atoms with Crippen molar-refractivity contribution in [2.24, 2.45) is 0 Å². The van der Waals surface area contributed by atoms with Crippen molar-refractivity contribution in [3.63, 3.8) is 0 Å². The number of aromatic nitrogens is 4. The van der Waals surface area contributed by atoms with E-state index in [9.17, 15) is 9.59 Å². The third-order valence-corrected chi connectivity index (χ3v) is 5.48. The number of anilines is 1. The molecule has 1 aliphatic rings. The van der Waals surface area contributed by atoms with Gasteiger partial charge in [-0.1, -0.05) is 43.0 Å². The van der Waals surface area contributed by atoms with Crippen LogP contribution < -0.4 is 15.1 Å². The van der Waals surface area contributed by atoms with Gasteiger partial charge in [-0.05, 0) is 28.9 Å². The van der Waals surface area contributed by atoms with Gasteiger partial charge in [-0.15, -0.1) is 6.58 Å². The van der Waals surface area contributed by atoms with Crippen LogP contribution in [0.5, 0.6) is 0 Å². The maximum absolute atomic E-state index is 13.1. The molecule has 29 heavy (non-hydrogen) atoms. The summed E-state index contributed by atoms with van der Waals surface area (Å²) in [6.45, 7) is 5.53. The Hall–Kier alpha value is -3.26. The summed E-state index contributed by atoms with van der Waals surface area (Å²) in [5, 5.41) is 5.14. The van der Waals surface area contributed by atoms with E-state index in [1.165, 1.54) is 11.8 Å². The molecule has 0 unspecified atom stereocenters. The Balaban J connectivity index is 2.03. The highest BCUT2D eigenvalue weighted by Gasteiger charge is 2.45. The molecule has 0 spiro atoms. The number of fused-ring (bicyclic) bond motifs is 3. The first kappa shape index (κ1) is 19.1. The van der Waals surface area contributed by atoms with Crippen LogP contribution in [0.1, 0.15) is 25.2 Å². The van der Waals surface area contributed by atoms with Crippen LogP contribution in [0.15, 0.2) is 71.3 Å². The lowest BCUT2D eigenvalue weighted by atomic mass is 10.0. The summed E-state index contributed by atoms with van der Waals surface area (Å²) in [5.74, 6) is 0.527.